The van der Waals surface area contributed by atoms with Crippen molar-refractivity contribution in [3.63, 3.8) is 0 Å². The SMILES string of the molecule is O=C1C(Cl)=C(Nc2cccc(Cl)c2)C(=O)N1Cc1ccc(Cl)cc1. The number of carbonyl (C=O) groups is 2. The van der Waals surface area contributed by atoms with Crippen LogP contribution < -0.4 is 5.32 Å². The molecule has 24 heavy (non-hydrogen) atoms. The molecular formula is C17H11Cl3N2O2. The average Bonchev–Trinajstić information content (AvgIpc) is 2.75. The van der Waals surface area contributed by atoms with Crippen LogP contribution in [0.2, 0.25) is 10.0 Å². The molecule has 4 nitrogen and oxygen atoms in total. The molecule has 0 aromatic heterocycles. The van der Waals surface area contributed by atoms with E-state index in [0.717, 1.165) is 10.5 Å². The minimum absolute atomic E-state index is 0.0397. The Balaban J connectivity index is 1.80. The van der Waals surface area contributed by atoms with Gasteiger partial charge in [0.05, 0.1) is 6.54 Å². The highest BCUT2D eigenvalue weighted by Crippen LogP contribution is 2.28. The molecule has 0 unspecified atom stereocenters. The summed E-state index contributed by atoms with van der Waals surface area (Å²) < 4.78 is 0. The number of benzene rings is 2. The van der Waals surface area contributed by atoms with Crippen LogP contribution in [-0.4, -0.2) is 16.7 Å². The molecule has 2 aromatic carbocycles. The fourth-order valence-corrected chi connectivity index (χ4v) is 2.83. The highest BCUT2D eigenvalue weighted by atomic mass is 35.5. The van der Waals surface area contributed by atoms with Crippen LogP contribution in [0.1, 0.15) is 5.56 Å². The minimum Gasteiger partial charge on any atom is -0.350 e. The van der Waals surface area contributed by atoms with Gasteiger partial charge in [-0.25, -0.2) is 0 Å². The molecule has 122 valence electrons. The van der Waals surface area contributed by atoms with Gasteiger partial charge in [-0.2, -0.15) is 0 Å². The van der Waals surface area contributed by atoms with Crippen molar-refractivity contribution in [2.24, 2.45) is 0 Å². The van der Waals surface area contributed by atoms with E-state index < -0.39 is 11.8 Å². The molecule has 1 aliphatic heterocycles. The normalized spacial score (nSPS) is 14.5. The summed E-state index contributed by atoms with van der Waals surface area (Å²) >= 11 is 17.8. The van der Waals surface area contributed by atoms with Crippen molar-refractivity contribution in [1.29, 1.82) is 0 Å². The van der Waals surface area contributed by atoms with E-state index in [9.17, 15) is 9.59 Å². The number of nitrogens with one attached hydrogen (secondary N) is 1. The Labute approximate surface area is 153 Å². The van der Waals surface area contributed by atoms with Gasteiger partial charge < -0.3 is 5.32 Å². The number of nitrogens with zero attached hydrogens (tertiary/aromatic N) is 1. The Kier molecular flexibility index (Phi) is 4.81. The summed E-state index contributed by atoms with van der Waals surface area (Å²) in [7, 11) is 0. The van der Waals surface area contributed by atoms with Crippen LogP contribution in [-0.2, 0) is 16.1 Å². The Morgan fingerprint density at radius 1 is 0.875 bits per heavy atom. The topological polar surface area (TPSA) is 49.4 Å². The molecule has 0 atom stereocenters. The highest BCUT2D eigenvalue weighted by Gasteiger charge is 2.37. The van der Waals surface area contributed by atoms with E-state index in [-0.39, 0.29) is 17.3 Å². The summed E-state index contributed by atoms with van der Waals surface area (Å²) in [6.45, 7) is 0.117. The molecule has 0 fully saturated rings. The zero-order chi connectivity index (χ0) is 17.3. The van der Waals surface area contributed by atoms with Gasteiger partial charge in [-0.15, -0.1) is 0 Å². The van der Waals surface area contributed by atoms with Gasteiger partial charge >= 0.3 is 0 Å². The van der Waals surface area contributed by atoms with Crippen molar-refractivity contribution in [3.05, 3.63) is 74.9 Å². The number of hydrogen-bond acceptors (Lipinski definition) is 3. The molecule has 2 amide bonds. The lowest BCUT2D eigenvalue weighted by molar-refractivity contribution is -0.138. The van der Waals surface area contributed by atoms with Crippen LogP contribution >= 0.6 is 34.8 Å². The molecule has 0 radical (unpaired) electrons. The highest BCUT2D eigenvalue weighted by molar-refractivity contribution is 6.48. The second-order valence-corrected chi connectivity index (χ2v) is 6.40. The third-order valence-electron chi connectivity index (χ3n) is 3.46. The standard InChI is InChI=1S/C17H11Cl3N2O2/c18-11-6-4-10(5-7-11)9-22-16(23)14(20)15(17(22)24)21-13-3-1-2-12(19)8-13/h1-8,21H,9H2. The maximum absolute atomic E-state index is 12.5. The molecule has 0 bridgehead atoms. The zero-order valence-electron chi connectivity index (χ0n) is 12.2. The summed E-state index contributed by atoms with van der Waals surface area (Å²) in [5, 5.41) is 3.81. The summed E-state index contributed by atoms with van der Waals surface area (Å²) in [6.07, 6.45) is 0. The van der Waals surface area contributed by atoms with Gasteiger partial charge in [-0.3, -0.25) is 14.5 Å². The van der Waals surface area contributed by atoms with E-state index in [1.54, 1.807) is 48.5 Å². The first-order valence-corrected chi connectivity index (χ1v) is 8.12. The molecule has 0 saturated heterocycles. The van der Waals surface area contributed by atoms with Crippen molar-refractivity contribution < 1.29 is 9.59 Å². The smallest absolute Gasteiger partial charge is 0.279 e. The van der Waals surface area contributed by atoms with Gasteiger partial charge in [0.2, 0.25) is 0 Å². The van der Waals surface area contributed by atoms with Crippen LogP contribution in [0.25, 0.3) is 0 Å². The molecule has 7 heteroatoms. The molecule has 3 rings (SSSR count). The molecule has 2 aromatic rings. The number of halogens is 3. The van der Waals surface area contributed by atoms with E-state index in [1.165, 1.54) is 0 Å². The van der Waals surface area contributed by atoms with Gasteiger partial charge in [-0.05, 0) is 35.9 Å². The Morgan fingerprint density at radius 2 is 1.58 bits per heavy atom. The number of carbonyl (C=O) groups excluding carboxylic acids is 2. The first kappa shape index (κ1) is 16.8. The van der Waals surface area contributed by atoms with Crippen molar-refractivity contribution in [2.45, 2.75) is 6.54 Å². The second kappa shape index (κ2) is 6.85. The van der Waals surface area contributed by atoms with E-state index in [0.29, 0.717) is 15.7 Å². The number of anilines is 1. The predicted molar refractivity (Wildman–Crippen MR) is 95.0 cm³/mol. The lowest BCUT2D eigenvalue weighted by atomic mass is 10.2. The lowest BCUT2D eigenvalue weighted by Crippen LogP contribution is -2.31. The maximum atomic E-state index is 12.5. The number of rotatable bonds is 4. The predicted octanol–water partition coefficient (Wildman–Crippen LogP) is 4.42. The molecule has 1 aliphatic rings. The summed E-state index contributed by atoms with van der Waals surface area (Å²) in [5.41, 5.74) is 1.39. The maximum Gasteiger partial charge on any atom is 0.279 e. The Hall–Kier alpha value is -2.01. The number of amides is 2. The van der Waals surface area contributed by atoms with E-state index >= 15 is 0 Å². The minimum atomic E-state index is -0.541. The van der Waals surface area contributed by atoms with Gasteiger partial charge in [-0.1, -0.05) is 53.0 Å². The van der Waals surface area contributed by atoms with Gasteiger partial charge in [0.25, 0.3) is 11.8 Å². The third-order valence-corrected chi connectivity index (χ3v) is 4.30. The summed E-state index contributed by atoms with van der Waals surface area (Å²) in [4.78, 5) is 25.9. The third kappa shape index (κ3) is 3.41. The first-order chi connectivity index (χ1) is 11.5. The monoisotopic (exact) mass is 380 g/mol. The largest absolute Gasteiger partial charge is 0.350 e. The van der Waals surface area contributed by atoms with Crippen molar-refractivity contribution in [2.75, 3.05) is 5.32 Å². The quantitative estimate of drug-likeness (QED) is 0.797. The zero-order valence-corrected chi connectivity index (χ0v) is 14.5. The Bertz CT molecular complexity index is 847. The summed E-state index contributed by atoms with van der Waals surface area (Å²) in [5.74, 6) is -1.03. The first-order valence-electron chi connectivity index (χ1n) is 6.98. The van der Waals surface area contributed by atoms with Gasteiger partial charge in [0.15, 0.2) is 0 Å². The molecule has 0 saturated carbocycles. The Morgan fingerprint density at radius 3 is 2.25 bits per heavy atom. The molecule has 0 aliphatic carbocycles. The molecule has 1 N–H and O–H groups in total. The van der Waals surface area contributed by atoms with Gasteiger partial charge in [0, 0.05) is 15.7 Å². The number of hydrogen-bond donors (Lipinski definition) is 1. The van der Waals surface area contributed by atoms with Crippen LogP contribution in [0.5, 0.6) is 0 Å². The van der Waals surface area contributed by atoms with Crippen LogP contribution in [0.15, 0.2) is 59.3 Å². The van der Waals surface area contributed by atoms with Crippen molar-refractivity contribution in [3.8, 4) is 0 Å². The molecular weight excluding hydrogens is 371 g/mol. The fourth-order valence-electron chi connectivity index (χ4n) is 2.28. The fraction of sp³-hybridized carbons (Fsp3) is 0.0588. The second-order valence-electron chi connectivity index (χ2n) is 5.15. The lowest BCUT2D eigenvalue weighted by Gasteiger charge is -2.15. The van der Waals surface area contributed by atoms with Crippen LogP contribution in [0, 0.1) is 0 Å². The molecule has 1 heterocycles. The molecule has 0 spiro atoms. The van der Waals surface area contributed by atoms with Crippen molar-refractivity contribution >= 4 is 52.3 Å². The summed E-state index contributed by atoms with van der Waals surface area (Å²) in [6, 6.07) is 13.7. The van der Waals surface area contributed by atoms with E-state index in [2.05, 4.69) is 5.32 Å². The van der Waals surface area contributed by atoms with Crippen LogP contribution in [0.4, 0.5) is 5.69 Å². The number of imide groups is 1. The van der Waals surface area contributed by atoms with E-state index in [4.69, 9.17) is 34.8 Å². The van der Waals surface area contributed by atoms with Crippen LogP contribution in [0.3, 0.4) is 0 Å². The average molecular weight is 382 g/mol. The van der Waals surface area contributed by atoms with Crippen molar-refractivity contribution in [1.82, 2.24) is 4.90 Å². The van der Waals surface area contributed by atoms with Gasteiger partial charge in [0.1, 0.15) is 10.7 Å². The van der Waals surface area contributed by atoms with E-state index in [1.807, 2.05) is 0 Å².